The summed E-state index contributed by atoms with van der Waals surface area (Å²) in [6.45, 7) is 0. The van der Waals surface area contributed by atoms with E-state index in [1.54, 1.807) is 17.5 Å². The first kappa shape index (κ1) is 7.70. The summed E-state index contributed by atoms with van der Waals surface area (Å²) in [5.74, 6) is 0.647. The summed E-state index contributed by atoms with van der Waals surface area (Å²) in [6, 6.07) is 7.70. The molecular formula is C10H6N2OS. The highest BCUT2D eigenvalue weighted by Crippen LogP contribution is 2.26. The second kappa shape index (κ2) is 2.92. The zero-order valence-electron chi connectivity index (χ0n) is 7.18. The SMILES string of the molecule is c1csc(-c2nc3cccnc3o2)c1. The van der Waals surface area contributed by atoms with Crippen molar-refractivity contribution in [2.24, 2.45) is 0 Å². The van der Waals surface area contributed by atoms with Crippen LogP contribution in [0.15, 0.2) is 40.3 Å². The molecule has 3 heterocycles. The largest absolute Gasteiger partial charge is 0.417 e. The Morgan fingerprint density at radius 1 is 1.21 bits per heavy atom. The smallest absolute Gasteiger partial charge is 0.247 e. The van der Waals surface area contributed by atoms with Crippen molar-refractivity contribution < 1.29 is 4.42 Å². The maximum absolute atomic E-state index is 5.50. The predicted molar refractivity (Wildman–Crippen MR) is 55.1 cm³/mol. The lowest BCUT2D eigenvalue weighted by Crippen LogP contribution is -1.70. The Balaban J connectivity index is 2.24. The number of fused-ring (bicyclic) bond motifs is 1. The monoisotopic (exact) mass is 202 g/mol. The Kier molecular flexibility index (Phi) is 1.61. The molecule has 0 aromatic carbocycles. The van der Waals surface area contributed by atoms with Gasteiger partial charge in [0.2, 0.25) is 11.6 Å². The van der Waals surface area contributed by atoms with Crippen molar-refractivity contribution in [3.63, 3.8) is 0 Å². The predicted octanol–water partition coefficient (Wildman–Crippen LogP) is 2.95. The number of rotatable bonds is 1. The molecule has 4 heteroatoms. The summed E-state index contributed by atoms with van der Waals surface area (Å²) in [4.78, 5) is 9.45. The minimum absolute atomic E-state index is 0.593. The van der Waals surface area contributed by atoms with Gasteiger partial charge in [-0.2, -0.15) is 0 Å². The van der Waals surface area contributed by atoms with Gasteiger partial charge in [0.25, 0.3) is 0 Å². The second-order valence-corrected chi connectivity index (χ2v) is 3.77. The van der Waals surface area contributed by atoms with E-state index in [2.05, 4.69) is 9.97 Å². The maximum Gasteiger partial charge on any atom is 0.247 e. The number of pyridine rings is 1. The number of thiophene rings is 1. The molecule has 0 saturated heterocycles. The molecule has 0 bridgehead atoms. The molecule has 14 heavy (non-hydrogen) atoms. The molecule has 0 saturated carbocycles. The van der Waals surface area contributed by atoms with Gasteiger partial charge in [0.15, 0.2) is 0 Å². The van der Waals surface area contributed by atoms with Crippen molar-refractivity contribution in [2.45, 2.75) is 0 Å². The van der Waals surface area contributed by atoms with Crippen LogP contribution in [0.1, 0.15) is 0 Å². The number of hydrogen-bond donors (Lipinski definition) is 0. The fraction of sp³-hybridized carbons (Fsp3) is 0. The summed E-state index contributed by atoms with van der Waals surface area (Å²) in [5.41, 5.74) is 1.40. The first-order valence-electron chi connectivity index (χ1n) is 4.19. The zero-order chi connectivity index (χ0) is 9.38. The van der Waals surface area contributed by atoms with E-state index in [0.29, 0.717) is 11.6 Å². The summed E-state index contributed by atoms with van der Waals surface area (Å²) < 4.78 is 5.50. The van der Waals surface area contributed by atoms with E-state index in [-0.39, 0.29) is 0 Å². The first-order valence-corrected chi connectivity index (χ1v) is 5.07. The van der Waals surface area contributed by atoms with Crippen LogP contribution in [0.5, 0.6) is 0 Å². The van der Waals surface area contributed by atoms with Crippen LogP contribution < -0.4 is 0 Å². The third kappa shape index (κ3) is 1.12. The average molecular weight is 202 g/mol. The van der Waals surface area contributed by atoms with Crippen LogP contribution in [0.2, 0.25) is 0 Å². The number of nitrogens with zero attached hydrogens (tertiary/aromatic N) is 2. The molecule has 68 valence electrons. The normalized spacial score (nSPS) is 10.9. The Bertz CT molecular complexity index is 523. The van der Waals surface area contributed by atoms with Crippen molar-refractivity contribution in [2.75, 3.05) is 0 Å². The Hall–Kier alpha value is -1.68. The van der Waals surface area contributed by atoms with Crippen molar-refractivity contribution in [3.8, 4) is 10.8 Å². The average Bonchev–Trinajstić information content (AvgIpc) is 2.86. The third-order valence-electron chi connectivity index (χ3n) is 1.90. The van der Waals surface area contributed by atoms with Crippen molar-refractivity contribution in [1.29, 1.82) is 0 Å². The van der Waals surface area contributed by atoms with Gasteiger partial charge in [-0.25, -0.2) is 9.97 Å². The quantitative estimate of drug-likeness (QED) is 0.609. The third-order valence-corrected chi connectivity index (χ3v) is 2.76. The van der Waals surface area contributed by atoms with Crippen LogP contribution in [0.25, 0.3) is 22.0 Å². The minimum atomic E-state index is 0.593. The van der Waals surface area contributed by atoms with Gasteiger partial charge >= 0.3 is 0 Å². The van der Waals surface area contributed by atoms with Crippen LogP contribution in [-0.2, 0) is 0 Å². The second-order valence-electron chi connectivity index (χ2n) is 2.82. The van der Waals surface area contributed by atoms with Crippen LogP contribution in [0.3, 0.4) is 0 Å². The van der Waals surface area contributed by atoms with E-state index in [1.165, 1.54) is 0 Å². The van der Waals surface area contributed by atoms with Crippen LogP contribution in [0, 0.1) is 0 Å². The van der Waals surface area contributed by atoms with Gasteiger partial charge in [-0.15, -0.1) is 11.3 Å². The van der Waals surface area contributed by atoms with Gasteiger partial charge < -0.3 is 4.42 Å². The maximum atomic E-state index is 5.50. The van der Waals surface area contributed by atoms with Gasteiger partial charge in [-0.05, 0) is 23.6 Å². The van der Waals surface area contributed by atoms with Gasteiger partial charge in [0.05, 0.1) is 4.88 Å². The molecule has 0 spiro atoms. The molecule has 0 amide bonds. The van der Waals surface area contributed by atoms with Crippen molar-refractivity contribution in [1.82, 2.24) is 9.97 Å². The standard InChI is InChI=1S/C10H6N2OS/c1-3-7-9(11-5-1)13-10(12-7)8-4-2-6-14-8/h1-6H. The first-order chi connectivity index (χ1) is 6.93. The lowest BCUT2D eigenvalue weighted by molar-refractivity contribution is 0.609. The molecule has 3 rings (SSSR count). The molecule has 0 radical (unpaired) electrons. The highest BCUT2D eigenvalue weighted by Gasteiger charge is 2.08. The van der Waals surface area contributed by atoms with Crippen LogP contribution in [0.4, 0.5) is 0 Å². The molecule has 3 aromatic heterocycles. The lowest BCUT2D eigenvalue weighted by Gasteiger charge is -1.83. The summed E-state index contributed by atoms with van der Waals surface area (Å²) >= 11 is 1.61. The number of hydrogen-bond acceptors (Lipinski definition) is 4. The molecule has 3 aromatic rings. The highest BCUT2D eigenvalue weighted by molar-refractivity contribution is 7.13. The van der Waals surface area contributed by atoms with E-state index in [4.69, 9.17) is 4.42 Å². The van der Waals surface area contributed by atoms with Crippen LogP contribution >= 0.6 is 11.3 Å². The van der Waals surface area contributed by atoms with Crippen LogP contribution in [-0.4, -0.2) is 9.97 Å². The fourth-order valence-corrected chi connectivity index (χ4v) is 1.92. The van der Waals surface area contributed by atoms with E-state index >= 15 is 0 Å². The fourth-order valence-electron chi connectivity index (χ4n) is 1.28. The molecule has 0 N–H and O–H groups in total. The molecule has 0 aliphatic heterocycles. The summed E-state index contributed by atoms with van der Waals surface area (Å²) in [5, 5.41) is 2.00. The summed E-state index contributed by atoms with van der Waals surface area (Å²) in [7, 11) is 0. The molecular weight excluding hydrogens is 196 g/mol. The van der Waals surface area contributed by atoms with E-state index in [1.807, 2.05) is 29.6 Å². The van der Waals surface area contributed by atoms with Gasteiger partial charge in [0.1, 0.15) is 5.52 Å². The minimum Gasteiger partial charge on any atom is -0.417 e. The molecule has 0 atom stereocenters. The van der Waals surface area contributed by atoms with Crippen molar-refractivity contribution >= 4 is 22.6 Å². The summed E-state index contributed by atoms with van der Waals surface area (Å²) in [6.07, 6.45) is 1.70. The van der Waals surface area contributed by atoms with E-state index in [0.717, 1.165) is 10.4 Å². The van der Waals surface area contributed by atoms with E-state index in [9.17, 15) is 0 Å². The molecule has 0 unspecified atom stereocenters. The highest BCUT2D eigenvalue weighted by atomic mass is 32.1. The van der Waals surface area contributed by atoms with Crippen molar-refractivity contribution in [3.05, 3.63) is 35.8 Å². The Morgan fingerprint density at radius 3 is 3.00 bits per heavy atom. The van der Waals surface area contributed by atoms with E-state index < -0.39 is 0 Å². The zero-order valence-corrected chi connectivity index (χ0v) is 7.99. The van der Waals surface area contributed by atoms with Gasteiger partial charge in [-0.1, -0.05) is 6.07 Å². The number of aromatic nitrogens is 2. The molecule has 0 aliphatic carbocycles. The molecule has 0 fully saturated rings. The lowest BCUT2D eigenvalue weighted by atomic mass is 10.4. The Morgan fingerprint density at radius 2 is 2.21 bits per heavy atom. The molecule has 0 aliphatic rings. The topological polar surface area (TPSA) is 38.9 Å². The molecule has 3 nitrogen and oxygen atoms in total. The number of oxazole rings is 1. The van der Waals surface area contributed by atoms with Gasteiger partial charge in [-0.3, -0.25) is 0 Å². The van der Waals surface area contributed by atoms with Gasteiger partial charge in [0, 0.05) is 6.20 Å². The Labute approximate surface area is 84.0 Å².